The van der Waals surface area contributed by atoms with Crippen molar-refractivity contribution in [1.29, 1.82) is 0 Å². The van der Waals surface area contributed by atoms with Crippen LogP contribution in [0.1, 0.15) is 91.8 Å². The van der Waals surface area contributed by atoms with E-state index in [2.05, 4.69) is 4.72 Å². The Hall–Kier alpha value is -1.96. The van der Waals surface area contributed by atoms with Crippen LogP contribution in [0, 0.1) is 5.92 Å². The van der Waals surface area contributed by atoms with Crippen LogP contribution < -0.4 is 10.3 Å². The largest absolute Gasteiger partial charge is 0.760 e. The Bertz CT molecular complexity index is 1010. The van der Waals surface area contributed by atoms with Crippen molar-refractivity contribution in [3.05, 3.63) is 62.7 Å². The van der Waals surface area contributed by atoms with Gasteiger partial charge in [-0.25, -0.2) is 9.52 Å². The van der Waals surface area contributed by atoms with E-state index in [1.165, 1.54) is 0 Å². The van der Waals surface area contributed by atoms with Crippen LogP contribution in [0.4, 0.5) is 0 Å². The lowest BCUT2D eigenvalue weighted by Gasteiger charge is -2.23. The molecule has 0 bridgehead atoms. The van der Waals surface area contributed by atoms with Crippen LogP contribution in [-0.2, 0) is 24.1 Å². The predicted molar refractivity (Wildman–Crippen MR) is 119 cm³/mol. The van der Waals surface area contributed by atoms with E-state index in [-0.39, 0.29) is 23.6 Å². The molecular formula is C24H30NO5S-. The number of benzene rings is 1. The van der Waals surface area contributed by atoms with Crippen molar-refractivity contribution >= 4 is 11.3 Å². The minimum Gasteiger partial charge on any atom is -0.760 e. The van der Waals surface area contributed by atoms with Gasteiger partial charge in [0.25, 0.3) is 0 Å². The van der Waals surface area contributed by atoms with E-state index in [4.69, 9.17) is 4.42 Å². The molecule has 0 aliphatic heterocycles. The molecule has 0 amide bonds. The lowest BCUT2D eigenvalue weighted by Crippen LogP contribution is -2.23. The number of fused-ring (bicyclic) bond motifs is 1. The van der Waals surface area contributed by atoms with Crippen molar-refractivity contribution in [3.63, 3.8) is 0 Å². The normalized spacial score (nSPS) is 19.7. The van der Waals surface area contributed by atoms with E-state index in [1.54, 1.807) is 0 Å². The Morgan fingerprint density at radius 3 is 2.58 bits per heavy atom. The van der Waals surface area contributed by atoms with Crippen molar-refractivity contribution in [2.24, 2.45) is 5.92 Å². The number of hydrogen-bond acceptors (Lipinski definition) is 5. The first-order valence-electron chi connectivity index (χ1n) is 11.3. The molecule has 1 aromatic carbocycles. The molecule has 3 unspecified atom stereocenters. The molecule has 1 heterocycles. The second kappa shape index (κ2) is 9.67. The van der Waals surface area contributed by atoms with Crippen LogP contribution in [-0.4, -0.2) is 13.9 Å². The topological polar surface area (TPSA) is 103 Å². The Balaban J connectivity index is 1.77. The summed E-state index contributed by atoms with van der Waals surface area (Å²) in [6.07, 6.45) is 8.19. The number of hydrogen-bond donors (Lipinski definition) is 2. The molecule has 3 atom stereocenters. The molecule has 4 rings (SSSR count). The van der Waals surface area contributed by atoms with Crippen molar-refractivity contribution in [1.82, 2.24) is 4.72 Å². The quantitative estimate of drug-likeness (QED) is 0.617. The second-order valence-electron chi connectivity index (χ2n) is 8.77. The van der Waals surface area contributed by atoms with Gasteiger partial charge in [-0.2, -0.15) is 0 Å². The molecule has 2 N–H and O–H groups in total. The summed E-state index contributed by atoms with van der Waals surface area (Å²) < 4.78 is 30.7. The molecule has 7 heteroatoms. The van der Waals surface area contributed by atoms with E-state index >= 15 is 0 Å². The summed E-state index contributed by atoms with van der Waals surface area (Å²) in [5, 5.41) is 11.2. The second-order valence-corrected chi connectivity index (χ2v) is 9.47. The van der Waals surface area contributed by atoms with E-state index in [1.807, 2.05) is 31.2 Å². The van der Waals surface area contributed by atoms with E-state index in [9.17, 15) is 18.7 Å². The first kappa shape index (κ1) is 22.2. The molecule has 2 aliphatic carbocycles. The van der Waals surface area contributed by atoms with E-state index < -0.39 is 16.9 Å². The van der Waals surface area contributed by atoms with Crippen LogP contribution in [0.3, 0.4) is 0 Å². The zero-order chi connectivity index (χ0) is 22.0. The highest BCUT2D eigenvalue weighted by atomic mass is 32.2. The third kappa shape index (κ3) is 4.94. The minimum absolute atomic E-state index is 0.112. The first-order valence-corrected chi connectivity index (χ1v) is 12.4. The van der Waals surface area contributed by atoms with Gasteiger partial charge < -0.3 is 14.1 Å². The number of nitrogens with one attached hydrogen (secondary N) is 1. The van der Waals surface area contributed by atoms with Gasteiger partial charge >= 0.3 is 5.63 Å². The third-order valence-electron chi connectivity index (χ3n) is 6.62. The van der Waals surface area contributed by atoms with Crippen LogP contribution >= 0.6 is 0 Å². The molecule has 31 heavy (non-hydrogen) atoms. The fourth-order valence-corrected chi connectivity index (χ4v) is 5.41. The Morgan fingerprint density at radius 2 is 1.90 bits per heavy atom. The number of aromatic hydroxyl groups is 1. The molecule has 0 radical (unpaired) electrons. The molecular weight excluding hydrogens is 414 g/mol. The molecule has 1 aromatic heterocycles. The smallest absolute Gasteiger partial charge is 0.343 e. The summed E-state index contributed by atoms with van der Waals surface area (Å²) in [6.45, 7) is 1.92. The van der Waals surface area contributed by atoms with E-state index in [0.717, 1.165) is 61.6 Å². The Kier molecular flexibility index (Phi) is 6.94. The monoisotopic (exact) mass is 444 g/mol. The fraction of sp³-hybridized carbons (Fsp3) is 0.542. The highest BCUT2D eigenvalue weighted by Gasteiger charge is 2.38. The van der Waals surface area contributed by atoms with Gasteiger partial charge in [-0.3, -0.25) is 4.21 Å². The predicted octanol–water partition coefficient (Wildman–Crippen LogP) is 4.38. The third-order valence-corrected chi connectivity index (χ3v) is 7.09. The van der Waals surface area contributed by atoms with Crippen LogP contribution in [0.5, 0.6) is 5.75 Å². The first-order chi connectivity index (χ1) is 15.0. The lowest BCUT2D eigenvalue weighted by molar-refractivity contribution is 0.382. The van der Waals surface area contributed by atoms with Crippen molar-refractivity contribution < 1.29 is 18.3 Å². The maximum Gasteiger partial charge on any atom is 0.343 e. The van der Waals surface area contributed by atoms with Gasteiger partial charge in [0, 0.05) is 35.2 Å². The number of rotatable bonds is 7. The number of aryl methyl sites for hydroxylation is 1. The van der Waals surface area contributed by atoms with Gasteiger partial charge in [-0.05, 0) is 55.6 Å². The van der Waals surface area contributed by atoms with Gasteiger partial charge in [-0.15, -0.1) is 0 Å². The minimum atomic E-state index is -2.36. The van der Waals surface area contributed by atoms with Crippen LogP contribution in [0.15, 0.2) is 33.5 Å². The lowest BCUT2D eigenvalue weighted by atomic mass is 9.84. The zero-order valence-corrected chi connectivity index (χ0v) is 18.7. The standard InChI is InChI=1S/C24H31NO5S/c1-2-19(25-31(28)29)16-8-7-9-17(14-16)21(15-12-13-15)22-23(26)18-10-5-3-4-6-11-20(18)30-24(22)27/h7-9,14-15,19,21,25-26H,2-6,10-13H2,1H3,(H,28,29)/p-1. The molecule has 2 aromatic rings. The summed E-state index contributed by atoms with van der Waals surface area (Å²) in [5.41, 5.74) is 2.50. The van der Waals surface area contributed by atoms with Crippen molar-refractivity contribution in [2.45, 2.75) is 76.7 Å². The van der Waals surface area contributed by atoms with Gasteiger partial charge in [0.05, 0.1) is 5.56 Å². The summed E-state index contributed by atoms with van der Waals surface area (Å²) >= 11 is -2.36. The van der Waals surface area contributed by atoms with Gasteiger partial charge in [0.1, 0.15) is 11.5 Å². The molecule has 6 nitrogen and oxygen atoms in total. The maximum absolute atomic E-state index is 13.1. The van der Waals surface area contributed by atoms with Gasteiger partial charge in [-0.1, -0.05) is 44.0 Å². The SMILES string of the molecule is CCC(NS(=O)[O-])c1cccc(C(c2c(O)c3c(oc2=O)CCCCCC3)C2CC2)c1. The maximum atomic E-state index is 13.1. The summed E-state index contributed by atoms with van der Waals surface area (Å²) in [7, 11) is 0. The molecule has 0 spiro atoms. The van der Waals surface area contributed by atoms with Crippen LogP contribution in [0.2, 0.25) is 0 Å². The average molecular weight is 445 g/mol. The Morgan fingerprint density at radius 1 is 1.19 bits per heavy atom. The van der Waals surface area contributed by atoms with Crippen molar-refractivity contribution in [2.75, 3.05) is 0 Å². The molecule has 2 aliphatic rings. The molecule has 168 valence electrons. The Labute approximate surface area is 185 Å². The van der Waals surface area contributed by atoms with E-state index in [0.29, 0.717) is 24.2 Å². The average Bonchev–Trinajstić information content (AvgIpc) is 3.55. The highest BCUT2D eigenvalue weighted by molar-refractivity contribution is 7.77. The molecule has 1 fully saturated rings. The van der Waals surface area contributed by atoms with Gasteiger partial charge in [0.15, 0.2) is 0 Å². The molecule has 1 saturated carbocycles. The molecule has 0 saturated heterocycles. The zero-order valence-electron chi connectivity index (χ0n) is 17.9. The summed E-state index contributed by atoms with van der Waals surface area (Å²) in [6, 6.07) is 7.38. The van der Waals surface area contributed by atoms with Crippen LogP contribution in [0.25, 0.3) is 0 Å². The van der Waals surface area contributed by atoms with Crippen molar-refractivity contribution in [3.8, 4) is 5.75 Å². The van der Waals surface area contributed by atoms with Gasteiger partial charge in [0.2, 0.25) is 0 Å². The summed E-state index contributed by atoms with van der Waals surface area (Å²) in [5.74, 6) is 0.781. The fourth-order valence-electron chi connectivity index (χ4n) is 4.87. The highest BCUT2D eigenvalue weighted by Crippen LogP contribution is 2.49. The summed E-state index contributed by atoms with van der Waals surface area (Å²) in [4.78, 5) is 13.1.